The van der Waals surface area contributed by atoms with Gasteiger partial charge in [0, 0.05) is 6.54 Å². The summed E-state index contributed by atoms with van der Waals surface area (Å²) in [4.78, 5) is 8.83. The highest BCUT2D eigenvalue weighted by molar-refractivity contribution is 7.98. The molecule has 8 heteroatoms. The molecule has 3 aromatic rings. The summed E-state index contributed by atoms with van der Waals surface area (Å²) < 4.78 is 6.66. The minimum absolute atomic E-state index is 0.239. The van der Waals surface area contributed by atoms with Gasteiger partial charge in [-0.1, -0.05) is 0 Å². The number of imidazole rings is 1. The summed E-state index contributed by atoms with van der Waals surface area (Å²) in [6.07, 6.45) is 3.74. The first-order chi connectivity index (χ1) is 9.24. The van der Waals surface area contributed by atoms with E-state index in [0.717, 1.165) is 22.6 Å². The van der Waals surface area contributed by atoms with Crippen LogP contribution in [0.2, 0.25) is 0 Å². The topological polar surface area (TPSA) is 95.7 Å². The maximum absolute atomic E-state index is 5.73. The Bertz CT molecular complexity index is 734. The molecular weight excluding hydrogens is 264 g/mol. The smallest absolute Gasteiger partial charge is 0.199 e. The lowest BCUT2D eigenvalue weighted by atomic mass is 10.4. The first-order valence-electron chi connectivity index (χ1n) is 5.73. The number of thioether (sulfide) groups is 1. The van der Waals surface area contributed by atoms with Gasteiger partial charge in [0.05, 0.1) is 16.7 Å². The average Bonchev–Trinajstić information content (AvgIpc) is 3.00. The summed E-state index contributed by atoms with van der Waals surface area (Å²) in [5.41, 5.74) is 8.00. The van der Waals surface area contributed by atoms with Crippen molar-refractivity contribution in [2.24, 2.45) is 0 Å². The number of hydrogen-bond acceptors (Lipinski definition) is 7. The van der Waals surface area contributed by atoms with E-state index >= 15 is 0 Å². The van der Waals surface area contributed by atoms with Gasteiger partial charge in [-0.25, -0.2) is 14.6 Å². The Balaban J connectivity index is 2.28. The molecule has 2 N–H and O–H groups in total. The van der Waals surface area contributed by atoms with Gasteiger partial charge in [-0.2, -0.15) is 0 Å². The summed E-state index contributed by atoms with van der Waals surface area (Å²) in [7, 11) is 0. The van der Waals surface area contributed by atoms with Crippen LogP contribution in [0, 0.1) is 0 Å². The van der Waals surface area contributed by atoms with Gasteiger partial charge in [0.25, 0.3) is 0 Å². The van der Waals surface area contributed by atoms with E-state index in [2.05, 4.69) is 24.9 Å². The molecule has 0 aromatic carbocycles. The Kier molecular flexibility index (Phi) is 2.86. The monoisotopic (exact) mass is 276 g/mol. The van der Waals surface area contributed by atoms with Crippen molar-refractivity contribution in [3.05, 3.63) is 12.3 Å². The van der Waals surface area contributed by atoms with E-state index in [1.807, 2.05) is 23.8 Å². The molecule has 0 spiro atoms. The van der Waals surface area contributed by atoms with Crippen LogP contribution in [0.1, 0.15) is 6.92 Å². The van der Waals surface area contributed by atoms with Crippen molar-refractivity contribution >= 4 is 28.6 Å². The van der Waals surface area contributed by atoms with Gasteiger partial charge in [-0.05, 0) is 29.6 Å². The van der Waals surface area contributed by atoms with Crippen LogP contribution < -0.4 is 5.73 Å². The fourth-order valence-electron chi connectivity index (χ4n) is 1.97. The summed E-state index contributed by atoms with van der Waals surface area (Å²) in [5.74, 6) is 0.888. The summed E-state index contributed by atoms with van der Waals surface area (Å²) in [6, 6.07) is 2.00. The van der Waals surface area contributed by atoms with E-state index in [0.29, 0.717) is 11.5 Å². The largest absolute Gasteiger partial charge is 0.379 e. The zero-order valence-corrected chi connectivity index (χ0v) is 11.3. The normalized spacial score (nSPS) is 11.3. The Morgan fingerprint density at radius 3 is 2.89 bits per heavy atom. The minimum atomic E-state index is 0.239. The SMILES string of the molecule is CCn1c(-c2nonc2N)nc2cnc(SC)cc21. The molecule has 0 radical (unpaired) electrons. The molecular formula is C11H12N6OS. The molecule has 0 aliphatic heterocycles. The molecule has 3 heterocycles. The lowest BCUT2D eigenvalue weighted by Gasteiger charge is -2.03. The molecule has 19 heavy (non-hydrogen) atoms. The maximum Gasteiger partial charge on any atom is 0.199 e. The van der Waals surface area contributed by atoms with Crippen LogP contribution in [0.3, 0.4) is 0 Å². The van der Waals surface area contributed by atoms with Gasteiger partial charge in [-0.15, -0.1) is 11.8 Å². The van der Waals surface area contributed by atoms with Crippen LogP contribution in [0.25, 0.3) is 22.6 Å². The lowest BCUT2D eigenvalue weighted by molar-refractivity contribution is 0.310. The van der Waals surface area contributed by atoms with Gasteiger partial charge in [0.1, 0.15) is 5.52 Å². The first kappa shape index (κ1) is 12.0. The summed E-state index contributed by atoms with van der Waals surface area (Å²) in [6.45, 7) is 2.78. The molecule has 98 valence electrons. The van der Waals surface area contributed by atoms with E-state index in [9.17, 15) is 0 Å². The van der Waals surface area contributed by atoms with Crippen LogP contribution in [-0.2, 0) is 6.54 Å². The standard InChI is InChI=1S/C11H12N6OS/c1-3-17-7-4-8(19-2)13-5-6(7)14-11(17)9-10(12)16-18-15-9/h4-5H,3H2,1-2H3,(H2,12,16). The highest BCUT2D eigenvalue weighted by atomic mass is 32.2. The fraction of sp³-hybridized carbons (Fsp3) is 0.273. The molecule has 0 unspecified atom stereocenters. The Labute approximate surface area is 113 Å². The van der Waals surface area contributed by atoms with E-state index in [1.165, 1.54) is 0 Å². The Morgan fingerprint density at radius 2 is 2.26 bits per heavy atom. The van der Waals surface area contributed by atoms with Crippen molar-refractivity contribution in [2.45, 2.75) is 18.5 Å². The zero-order chi connectivity index (χ0) is 13.4. The van der Waals surface area contributed by atoms with Gasteiger partial charge in [0.2, 0.25) is 0 Å². The molecule has 0 fully saturated rings. The molecule has 3 aromatic heterocycles. The lowest BCUT2D eigenvalue weighted by Crippen LogP contribution is -2.00. The Hall–Kier alpha value is -2.09. The summed E-state index contributed by atoms with van der Waals surface area (Å²) >= 11 is 1.59. The van der Waals surface area contributed by atoms with E-state index in [-0.39, 0.29) is 5.82 Å². The number of pyridine rings is 1. The second-order valence-corrected chi connectivity index (χ2v) is 4.72. The van der Waals surface area contributed by atoms with E-state index in [1.54, 1.807) is 18.0 Å². The fourth-order valence-corrected chi connectivity index (χ4v) is 2.36. The highest BCUT2D eigenvalue weighted by Crippen LogP contribution is 2.27. The maximum atomic E-state index is 5.73. The van der Waals surface area contributed by atoms with Crippen LogP contribution in [0.15, 0.2) is 21.9 Å². The van der Waals surface area contributed by atoms with Crippen LogP contribution >= 0.6 is 11.8 Å². The van der Waals surface area contributed by atoms with Crippen molar-refractivity contribution < 1.29 is 4.63 Å². The number of nitrogen functional groups attached to an aromatic ring is 1. The highest BCUT2D eigenvalue weighted by Gasteiger charge is 2.18. The molecule has 7 nitrogen and oxygen atoms in total. The number of fused-ring (bicyclic) bond motifs is 1. The van der Waals surface area contributed by atoms with Crippen LogP contribution in [0.4, 0.5) is 5.82 Å². The average molecular weight is 276 g/mol. The van der Waals surface area contributed by atoms with Crippen molar-refractivity contribution in [3.8, 4) is 11.5 Å². The zero-order valence-electron chi connectivity index (χ0n) is 10.5. The van der Waals surface area contributed by atoms with E-state index < -0.39 is 0 Å². The second-order valence-electron chi connectivity index (χ2n) is 3.89. The third-order valence-corrected chi connectivity index (χ3v) is 3.50. The molecule has 0 saturated heterocycles. The van der Waals surface area contributed by atoms with Gasteiger partial charge >= 0.3 is 0 Å². The minimum Gasteiger partial charge on any atom is -0.379 e. The molecule has 0 atom stereocenters. The number of hydrogen-bond donors (Lipinski definition) is 1. The predicted molar refractivity (Wildman–Crippen MR) is 72.7 cm³/mol. The van der Waals surface area contributed by atoms with E-state index in [4.69, 9.17) is 5.73 Å². The van der Waals surface area contributed by atoms with Crippen molar-refractivity contribution in [2.75, 3.05) is 12.0 Å². The number of anilines is 1. The van der Waals surface area contributed by atoms with Crippen LogP contribution in [0.5, 0.6) is 0 Å². The molecule has 0 bridgehead atoms. The van der Waals surface area contributed by atoms with Crippen molar-refractivity contribution in [1.29, 1.82) is 0 Å². The third-order valence-electron chi connectivity index (χ3n) is 2.86. The molecule has 3 rings (SSSR count). The Morgan fingerprint density at radius 1 is 1.42 bits per heavy atom. The number of aromatic nitrogens is 5. The van der Waals surface area contributed by atoms with Crippen LogP contribution in [-0.4, -0.2) is 31.1 Å². The summed E-state index contributed by atoms with van der Waals surface area (Å²) in [5, 5.41) is 8.35. The number of rotatable bonds is 3. The van der Waals surface area contributed by atoms with Crippen molar-refractivity contribution in [3.63, 3.8) is 0 Å². The van der Waals surface area contributed by atoms with Gasteiger partial charge < -0.3 is 10.3 Å². The second kappa shape index (κ2) is 4.54. The van der Waals surface area contributed by atoms with Crippen molar-refractivity contribution in [1.82, 2.24) is 24.8 Å². The van der Waals surface area contributed by atoms with Gasteiger partial charge in [0.15, 0.2) is 17.3 Å². The quantitative estimate of drug-likeness (QED) is 0.729. The number of aryl methyl sites for hydroxylation is 1. The predicted octanol–water partition coefficient (Wildman–Crippen LogP) is 1.81. The molecule has 0 aliphatic carbocycles. The molecule has 0 aliphatic rings. The first-order valence-corrected chi connectivity index (χ1v) is 6.95. The number of nitrogens with zero attached hydrogens (tertiary/aromatic N) is 5. The third kappa shape index (κ3) is 1.84. The van der Waals surface area contributed by atoms with Gasteiger partial charge in [-0.3, -0.25) is 0 Å². The number of nitrogens with two attached hydrogens (primary N) is 1. The molecule has 0 amide bonds. The molecule has 0 saturated carbocycles.